The Bertz CT molecular complexity index is 408. The van der Waals surface area contributed by atoms with Crippen LogP contribution in [0.15, 0.2) is 24.3 Å². The molecule has 1 fully saturated rings. The first-order valence-corrected chi connectivity index (χ1v) is 7.04. The van der Waals surface area contributed by atoms with Gasteiger partial charge in [-0.25, -0.2) is 0 Å². The van der Waals surface area contributed by atoms with Gasteiger partial charge < -0.3 is 16.8 Å². The van der Waals surface area contributed by atoms with Crippen molar-refractivity contribution in [1.82, 2.24) is 5.32 Å². The molecule has 19 heavy (non-hydrogen) atoms. The van der Waals surface area contributed by atoms with E-state index in [1.807, 2.05) is 24.3 Å². The van der Waals surface area contributed by atoms with Crippen molar-refractivity contribution in [2.24, 2.45) is 11.5 Å². The molecule has 1 aliphatic rings. The molecule has 1 aromatic carbocycles. The molecule has 1 saturated carbocycles. The molecule has 104 valence electrons. The molecule has 0 unspecified atom stereocenters. The SMILES string of the molecule is NCCc1ccc(C(=O)NC2CCC(N)CC2)cc1. The molecule has 4 nitrogen and oxygen atoms in total. The highest BCUT2D eigenvalue weighted by molar-refractivity contribution is 5.94. The van der Waals surface area contributed by atoms with Gasteiger partial charge in [0.25, 0.3) is 5.91 Å². The molecule has 0 heterocycles. The van der Waals surface area contributed by atoms with Crippen LogP contribution in [0, 0.1) is 0 Å². The highest BCUT2D eigenvalue weighted by Crippen LogP contribution is 2.17. The first-order chi connectivity index (χ1) is 9.19. The van der Waals surface area contributed by atoms with Gasteiger partial charge in [0.1, 0.15) is 0 Å². The lowest BCUT2D eigenvalue weighted by Gasteiger charge is -2.26. The lowest BCUT2D eigenvalue weighted by molar-refractivity contribution is 0.0926. The van der Waals surface area contributed by atoms with Gasteiger partial charge in [0.2, 0.25) is 0 Å². The van der Waals surface area contributed by atoms with E-state index >= 15 is 0 Å². The zero-order valence-electron chi connectivity index (χ0n) is 11.3. The smallest absolute Gasteiger partial charge is 0.251 e. The van der Waals surface area contributed by atoms with Gasteiger partial charge in [0.05, 0.1) is 0 Å². The molecular weight excluding hydrogens is 238 g/mol. The van der Waals surface area contributed by atoms with E-state index in [2.05, 4.69) is 5.32 Å². The number of carbonyl (C=O) groups is 1. The molecule has 0 aromatic heterocycles. The average Bonchev–Trinajstić information content (AvgIpc) is 2.42. The van der Waals surface area contributed by atoms with E-state index in [4.69, 9.17) is 11.5 Å². The van der Waals surface area contributed by atoms with Crippen LogP contribution >= 0.6 is 0 Å². The van der Waals surface area contributed by atoms with Crippen LogP contribution in [-0.4, -0.2) is 24.5 Å². The van der Waals surface area contributed by atoms with Crippen LogP contribution < -0.4 is 16.8 Å². The Morgan fingerprint density at radius 1 is 1.16 bits per heavy atom. The predicted molar refractivity (Wildman–Crippen MR) is 76.9 cm³/mol. The monoisotopic (exact) mass is 261 g/mol. The second kappa shape index (κ2) is 6.68. The van der Waals surface area contributed by atoms with Crippen LogP contribution in [0.5, 0.6) is 0 Å². The van der Waals surface area contributed by atoms with E-state index in [0.717, 1.165) is 37.7 Å². The quantitative estimate of drug-likeness (QED) is 0.761. The first-order valence-electron chi connectivity index (χ1n) is 7.04. The summed E-state index contributed by atoms with van der Waals surface area (Å²) in [5, 5.41) is 3.09. The third kappa shape index (κ3) is 4.04. The molecule has 4 heteroatoms. The predicted octanol–water partition coefficient (Wildman–Crippen LogP) is 1.19. The molecular formula is C15H23N3O. The topological polar surface area (TPSA) is 81.1 Å². The van der Waals surface area contributed by atoms with E-state index in [1.165, 1.54) is 5.56 Å². The summed E-state index contributed by atoms with van der Waals surface area (Å²) in [5.41, 5.74) is 13.3. The maximum Gasteiger partial charge on any atom is 0.251 e. The Hall–Kier alpha value is -1.39. The summed E-state index contributed by atoms with van der Waals surface area (Å²) < 4.78 is 0. The summed E-state index contributed by atoms with van der Waals surface area (Å²) in [6, 6.07) is 8.26. The fourth-order valence-electron chi connectivity index (χ4n) is 2.52. The van der Waals surface area contributed by atoms with Crippen molar-refractivity contribution in [3.05, 3.63) is 35.4 Å². The third-order valence-corrected chi connectivity index (χ3v) is 3.76. The summed E-state index contributed by atoms with van der Waals surface area (Å²) in [5.74, 6) is 0.0137. The van der Waals surface area contributed by atoms with Crippen molar-refractivity contribution in [2.75, 3.05) is 6.54 Å². The third-order valence-electron chi connectivity index (χ3n) is 3.76. The summed E-state index contributed by atoms with van der Waals surface area (Å²) in [6.45, 7) is 0.633. The van der Waals surface area contributed by atoms with E-state index in [0.29, 0.717) is 12.6 Å². The van der Waals surface area contributed by atoms with Gasteiger partial charge in [-0.1, -0.05) is 12.1 Å². The number of benzene rings is 1. The van der Waals surface area contributed by atoms with Gasteiger partial charge >= 0.3 is 0 Å². The van der Waals surface area contributed by atoms with Crippen molar-refractivity contribution in [3.8, 4) is 0 Å². The first kappa shape index (κ1) is 14.0. The molecule has 0 radical (unpaired) electrons. The molecule has 2 rings (SSSR count). The van der Waals surface area contributed by atoms with E-state index < -0.39 is 0 Å². The number of nitrogens with one attached hydrogen (secondary N) is 1. The van der Waals surface area contributed by atoms with Crippen LogP contribution in [0.2, 0.25) is 0 Å². The van der Waals surface area contributed by atoms with E-state index in [-0.39, 0.29) is 11.9 Å². The number of nitrogens with two attached hydrogens (primary N) is 2. The Morgan fingerprint density at radius 2 is 1.79 bits per heavy atom. The molecule has 5 N–H and O–H groups in total. The van der Waals surface area contributed by atoms with Gasteiger partial charge in [-0.15, -0.1) is 0 Å². The Morgan fingerprint density at radius 3 is 2.37 bits per heavy atom. The van der Waals surface area contributed by atoms with Crippen molar-refractivity contribution >= 4 is 5.91 Å². The second-order valence-electron chi connectivity index (χ2n) is 5.32. The summed E-state index contributed by atoms with van der Waals surface area (Å²) in [4.78, 5) is 12.1. The van der Waals surface area contributed by atoms with Crippen molar-refractivity contribution in [3.63, 3.8) is 0 Å². The van der Waals surface area contributed by atoms with Crippen LogP contribution in [0.1, 0.15) is 41.6 Å². The highest BCUT2D eigenvalue weighted by atomic mass is 16.1. The Kier molecular flexibility index (Phi) is 4.93. The van der Waals surface area contributed by atoms with Gasteiger partial charge in [-0.3, -0.25) is 4.79 Å². The molecule has 0 aliphatic heterocycles. The zero-order chi connectivity index (χ0) is 13.7. The minimum absolute atomic E-state index is 0.0137. The lowest BCUT2D eigenvalue weighted by atomic mass is 9.91. The largest absolute Gasteiger partial charge is 0.349 e. The van der Waals surface area contributed by atoms with E-state index in [1.54, 1.807) is 0 Å². The van der Waals surface area contributed by atoms with Gasteiger partial charge in [0.15, 0.2) is 0 Å². The minimum atomic E-state index is 0.0137. The Labute approximate surface area is 114 Å². The number of hydrogen-bond acceptors (Lipinski definition) is 3. The van der Waals surface area contributed by atoms with Gasteiger partial charge in [-0.2, -0.15) is 0 Å². The fourth-order valence-corrected chi connectivity index (χ4v) is 2.52. The molecule has 0 atom stereocenters. The maximum absolute atomic E-state index is 12.1. The molecule has 1 aromatic rings. The maximum atomic E-state index is 12.1. The fraction of sp³-hybridized carbons (Fsp3) is 0.533. The molecule has 0 spiro atoms. The van der Waals surface area contributed by atoms with Crippen molar-refractivity contribution in [1.29, 1.82) is 0 Å². The number of amides is 1. The van der Waals surface area contributed by atoms with Crippen LogP contribution in [0.25, 0.3) is 0 Å². The van der Waals surface area contributed by atoms with Crippen LogP contribution in [0.4, 0.5) is 0 Å². The molecule has 1 amide bonds. The zero-order valence-corrected chi connectivity index (χ0v) is 11.3. The molecule has 0 saturated heterocycles. The average molecular weight is 261 g/mol. The number of hydrogen-bond donors (Lipinski definition) is 3. The molecule has 1 aliphatic carbocycles. The standard InChI is InChI=1S/C15H23N3O/c16-10-9-11-1-3-12(4-2-11)15(19)18-14-7-5-13(17)6-8-14/h1-4,13-14H,5-10,16-17H2,(H,18,19). The lowest BCUT2D eigenvalue weighted by Crippen LogP contribution is -2.40. The van der Waals surface area contributed by atoms with Crippen LogP contribution in [0.3, 0.4) is 0 Å². The number of rotatable bonds is 4. The van der Waals surface area contributed by atoms with E-state index in [9.17, 15) is 4.79 Å². The summed E-state index contributed by atoms with van der Waals surface area (Å²) in [6.07, 6.45) is 4.82. The minimum Gasteiger partial charge on any atom is -0.349 e. The van der Waals surface area contributed by atoms with Crippen LogP contribution in [-0.2, 0) is 6.42 Å². The summed E-state index contributed by atoms with van der Waals surface area (Å²) >= 11 is 0. The number of carbonyl (C=O) groups excluding carboxylic acids is 1. The van der Waals surface area contributed by atoms with Crippen molar-refractivity contribution in [2.45, 2.75) is 44.2 Å². The Balaban J connectivity index is 1.88. The van der Waals surface area contributed by atoms with Gasteiger partial charge in [-0.05, 0) is 56.3 Å². The van der Waals surface area contributed by atoms with Gasteiger partial charge in [0, 0.05) is 17.6 Å². The second-order valence-corrected chi connectivity index (χ2v) is 5.32. The summed E-state index contributed by atoms with van der Waals surface area (Å²) in [7, 11) is 0. The normalized spacial score (nSPS) is 23.1. The highest BCUT2D eigenvalue weighted by Gasteiger charge is 2.20. The van der Waals surface area contributed by atoms with Crippen molar-refractivity contribution < 1.29 is 4.79 Å². The molecule has 0 bridgehead atoms.